The Morgan fingerprint density at radius 3 is 2.18 bits per heavy atom. The minimum atomic E-state index is -0.846. The van der Waals surface area contributed by atoms with Gasteiger partial charge in [0.05, 0.1) is 6.54 Å². The first-order valence-electron chi connectivity index (χ1n) is 8.57. The van der Waals surface area contributed by atoms with Crippen molar-refractivity contribution >= 4 is 18.0 Å². The number of nitrogens with one attached hydrogen (secondary N) is 1. The molecule has 0 radical (unpaired) electrons. The molecule has 0 saturated carbocycles. The highest BCUT2D eigenvalue weighted by atomic mass is 16.6. The van der Waals surface area contributed by atoms with Gasteiger partial charge >= 0.3 is 18.0 Å². The largest absolute Gasteiger partial charge is 0.490 e. The molecule has 152 valence electrons. The van der Waals surface area contributed by atoms with Crippen LogP contribution in [0.25, 0.3) is 0 Å². The zero-order valence-electron chi connectivity index (χ0n) is 16.1. The molecule has 0 aliphatic carbocycles. The van der Waals surface area contributed by atoms with Gasteiger partial charge in [0.25, 0.3) is 0 Å². The van der Waals surface area contributed by atoms with Crippen molar-refractivity contribution in [2.45, 2.75) is 20.0 Å². The molecule has 0 fully saturated rings. The number of hydrogen-bond donors (Lipinski definition) is 1. The molecule has 1 atom stereocenters. The lowest BCUT2D eigenvalue weighted by molar-refractivity contribution is -0.142. The molecule has 0 spiro atoms. The number of carbonyl (C=O) groups excluding carboxylic acids is 3. The van der Waals surface area contributed by atoms with Crippen molar-refractivity contribution < 1.29 is 33.3 Å². The van der Waals surface area contributed by atoms with Crippen molar-refractivity contribution in [1.82, 2.24) is 5.32 Å². The van der Waals surface area contributed by atoms with Crippen molar-refractivity contribution in [2.24, 2.45) is 0 Å². The van der Waals surface area contributed by atoms with Crippen LogP contribution in [0.3, 0.4) is 0 Å². The van der Waals surface area contributed by atoms with Gasteiger partial charge in [0.2, 0.25) is 0 Å². The predicted molar refractivity (Wildman–Crippen MR) is 102 cm³/mol. The molecule has 1 unspecified atom stereocenters. The molecule has 28 heavy (non-hydrogen) atoms. The molecule has 1 aromatic rings. The van der Waals surface area contributed by atoms with E-state index in [9.17, 15) is 14.4 Å². The predicted octanol–water partition coefficient (Wildman–Crippen LogP) is 2.40. The van der Waals surface area contributed by atoms with Crippen LogP contribution in [0.1, 0.15) is 13.8 Å². The molecule has 8 nitrogen and oxygen atoms in total. The van der Waals surface area contributed by atoms with Crippen LogP contribution >= 0.6 is 0 Å². The monoisotopic (exact) mass is 391 g/mol. The Balaban J connectivity index is 2.49. The zero-order valence-corrected chi connectivity index (χ0v) is 16.1. The molecular weight excluding hydrogens is 366 g/mol. The maximum absolute atomic E-state index is 11.9. The topological polar surface area (TPSA) is 100 Å². The van der Waals surface area contributed by atoms with Crippen LogP contribution in [-0.4, -0.2) is 50.5 Å². The third kappa shape index (κ3) is 9.42. The van der Waals surface area contributed by atoms with E-state index in [-0.39, 0.29) is 37.5 Å². The standard InChI is InChI=1S/C20H25NO7/c1-14(2)18(22)25-11-10-21-20(24)28-17(13-27-19(23)15(3)4)12-26-16-8-6-5-7-9-16/h5-9,17H,1,3,10-13H2,2,4H3,(H,21,24). The molecule has 1 amide bonds. The maximum Gasteiger partial charge on any atom is 0.407 e. The number of para-hydroxylation sites is 1. The number of amides is 1. The molecule has 1 rings (SSSR count). The maximum atomic E-state index is 11.9. The third-order valence-corrected chi connectivity index (χ3v) is 3.15. The summed E-state index contributed by atoms with van der Waals surface area (Å²) in [5.41, 5.74) is 0.492. The van der Waals surface area contributed by atoms with E-state index >= 15 is 0 Å². The number of ether oxygens (including phenoxy) is 4. The second-order valence-electron chi connectivity index (χ2n) is 5.87. The Hall–Kier alpha value is -3.29. The van der Waals surface area contributed by atoms with E-state index < -0.39 is 24.1 Å². The molecule has 0 saturated heterocycles. The number of benzene rings is 1. The zero-order chi connectivity index (χ0) is 20.9. The lowest BCUT2D eigenvalue weighted by atomic mass is 10.3. The fourth-order valence-electron chi connectivity index (χ4n) is 1.73. The number of rotatable bonds is 11. The van der Waals surface area contributed by atoms with Crippen molar-refractivity contribution in [2.75, 3.05) is 26.4 Å². The molecule has 0 aliphatic rings. The van der Waals surface area contributed by atoms with Gasteiger partial charge in [-0.2, -0.15) is 0 Å². The van der Waals surface area contributed by atoms with Gasteiger partial charge in [-0.3, -0.25) is 0 Å². The van der Waals surface area contributed by atoms with Gasteiger partial charge in [-0.1, -0.05) is 31.4 Å². The highest BCUT2D eigenvalue weighted by Crippen LogP contribution is 2.10. The smallest absolute Gasteiger partial charge is 0.407 e. The molecule has 0 heterocycles. The van der Waals surface area contributed by atoms with E-state index in [4.69, 9.17) is 18.9 Å². The Labute approximate surface area is 164 Å². The van der Waals surface area contributed by atoms with Gasteiger partial charge in [-0.25, -0.2) is 14.4 Å². The highest BCUT2D eigenvalue weighted by Gasteiger charge is 2.18. The van der Waals surface area contributed by atoms with Crippen LogP contribution in [0.5, 0.6) is 5.75 Å². The van der Waals surface area contributed by atoms with Crippen LogP contribution in [0.2, 0.25) is 0 Å². The summed E-state index contributed by atoms with van der Waals surface area (Å²) in [6.07, 6.45) is -1.61. The summed E-state index contributed by atoms with van der Waals surface area (Å²) in [5.74, 6) is -0.564. The second kappa shape index (κ2) is 12.2. The molecular formula is C20H25NO7. The Kier molecular flexibility index (Phi) is 9.88. The Bertz CT molecular complexity index is 700. The molecule has 0 aliphatic heterocycles. The van der Waals surface area contributed by atoms with Crippen molar-refractivity contribution in [1.29, 1.82) is 0 Å². The van der Waals surface area contributed by atoms with E-state index in [0.29, 0.717) is 5.75 Å². The van der Waals surface area contributed by atoms with Gasteiger partial charge < -0.3 is 24.3 Å². The van der Waals surface area contributed by atoms with Crippen LogP contribution in [-0.2, 0) is 23.8 Å². The molecule has 1 aromatic carbocycles. The van der Waals surface area contributed by atoms with Crippen LogP contribution < -0.4 is 10.1 Å². The molecule has 0 aromatic heterocycles. The number of hydrogen-bond acceptors (Lipinski definition) is 7. The van der Waals surface area contributed by atoms with Gasteiger partial charge in [0.1, 0.15) is 25.6 Å². The van der Waals surface area contributed by atoms with Crippen LogP contribution in [0.4, 0.5) is 4.79 Å². The van der Waals surface area contributed by atoms with Gasteiger partial charge in [0, 0.05) is 11.1 Å². The van der Waals surface area contributed by atoms with E-state index in [1.54, 1.807) is 24.3 Å². The van der Waals surface area contributed by atoms with Gasteiger partial charge in [-0.15, -0.1) is 0 Å². The summed E-state index contributed by atoms with van der Waals surface area (Å²) in [4.78, 5) is 34.7. The first-order valence-corrected chi connectivity index (χ1v) is 8.57. The fourth-order valence-corrected chi connectivity index (χ4v) is 1.73. The van der Waals surface area contributed by atoms with Crippen molar-refractivity contribution in [3.8, 4) is 5.75 Å². The van der Waals surface area contributed by atoms with Crippen molar-refractivity contribution in [3.05, 3.63) is 54.6 Å². The fraction of sp³-hybridized carbons (Fsp3) is 0.350. The summed E-state index contributed by atoms with van der Waals surface area (Å²) in [6.45, 7) is 9.78. The number of esters is 2. The quantitative estimate of drug-likeness (QED) is 0.268. The second-order valence-corrected chi connectivity index (χ2v) is 5.87. The summed E-state index contributed by atoms with van der Waals surface area (Å²) >= 11 is 0. The summed E-state index contributed by atoms with van der Waals surface area (Å²) in [5, 5.41) is 2.43. The summed E-state index contributed by atoms with van der Waals surface area (Å²) in [6, 6.07) is 8.92. The van der Waals surface area contributed by atoms with Crippen molar-refractivity contribution in [3.63, 3.8) is 0 Å². The van der Waals surface area contributed by atoms with Crippen LogP contribution in [0.15, 0.2) is 54.6 Å². The van der Waals surface area contributed by atoms with E-state index in [1.807, 2.05) is 6.07 Å². The van der Waals surface area contributed by atoms with E-state index in [0.717, 1.165) is 0 Å². The molecule has 0 bridgehead atoms. The van der Waals surface area contributed by atoms with E-state index in [1.165, 1.54) is 13.8 Å². The van der Waals surface area contributed by atoms with Crippen LogP contribution in [0, 0.1) is 0 Å². The molecule has 8 heteroatoms. The molecule has 1 N–H and O–H groups in total. The lowest BCUT2D eigenvalue weighted by Crippen LogP contribution is -2.37. The van der Waals surface area contributed by atoms with Gasteiger partial charge in [-0.05, 0) is 26.0 Å². The lowest BCUT2D eigenvalue weighted by Gasteiger charge is -2.19. The average Bonchev–Trinajstić information content (AvgIpc) is 2.67. The highest BCUT2D eigenvalue weighted by molar-refractivity contribution is 5.87. The average molecular weight is 391 g/mol. The van der Waals surface area contributed by atoms with E-state index in [2.05, 4.69) is 18.5 Å². The minimum absolute atomic E-state index is 0.0223. The first-order chi connectivity index (χ1) is 13.3. The number of carbonyl (C=O) groups is 3. The normalized spacial score (nSPS) is 10.9. The third-order valence-electron chi connectivity index (χ3n) is 3.15. The first kappa shape index (κ1) is 22.8. The Morgan fingerprint density at radius 1 is 0.964 bits per heavy atom. The minimum Gasteiger partial charge on any atom is -0.490 e. The summed E-state index contributed by atoms with van der Waals surface area (Å²) < 4.78 is 20.7. The summed E-state index contributed by atoms with van der Waals surface area (Å²) in [7, 11) is 0. The van der Waals surface area contributed by atoms with Gasteiger partial charge in [0.15, 0.2) is 6.10 Å². The SMILES string of the molecule is C=C(C)C(=O)OCCNC(=O)OC(COC(=O)C(=C)C)COc1ccccc1. The Morgan fingerprint density at radius 2 is 1.57 bits per heavy atom. The number of alkyl carbamates (subject to hydrolysis) is 1.